The fourth-order valence-corrected chi connectivity index (χ4v) is 3.89. The van der Waals surface area contributed by atoms with E-state index in [2.05, 4.69) is 79.6 Å². The highest BCUT2D eigenvalue weighted by atomic mass is 35.5. The first-order chi connectivity index (χ1) is 15.4. The highest BCUT2D eigenvalue weighted by Gasteiger charge is 2.20. The number of hydrogen-bond donors (Lipinski definition) is 3. The molecule has 0 saturated carbocycles. The molecular formula is C27H41ClN4O. The number of anilines is 1. The van der Waals surface area contributed by atoms with E-state index in [-0.39, 0.29) is 17.8 Å². The van der Waals surface area contributed by atoms with Crippen LogP contribution < -0.4 is 20.3 Å². The monoisotopic (exact) mass is 472 g/mol. The molecule has 1 fully saturated rings. The van der Waals surface area contributed by atoms with Crippen molar-refractivity contribution in [2.75, 3.05) is 24.6 Å². The van der Waals surface area contributed by atoms with Crippen molar-refractivity contribution in [1.82, 2.24) is 10.6 Å². The lowest BCUT2D eigenvalue weighted by Gasteiger charge is -2.31. The predicted octanol–water partition coefficient (Wildman–Crippen LogP) is 5.87. The molecular weight excluding hydrogens is 432 g/mol. The molecule has 0 spiro atoms. The Hall–Kier alpha value is -2.24. The van der Waals surface area contributed by atoms with Gasteiger partial charge in [0.2, 0.25) is 0 Å². The van der Waals surface area contributed by atoms with Gasteiger partial charge in [-0.3, -0.25) is 5.41 Å². The molecule has 1 saturated heterocycles. The SMILES string of the molecule is CCCCOc1ccc(N(Cc2ccc(C(C)(C)C)cc2)C(=N)NC2CCNCC2)cc1.Cl. The zero-order valence-corrected chi connectivity index (χ0v) is 21.4. The summed E-state index contributed by atoms with van der Waals surface area (Å²) in [5.74, 6) is 1.34. The van der Waals surface area contributed by atoms with Crippen molar-refractivity contribution >= 4 is 24.1 Å². The zero-order chi connectivity index (χ0) is 23.0. The third-order valence-electron chi connectivity index (χ3n) is 6.03. The molecule has 0 bridgehead atoms. The number of unbranched alkanes of at least 4 members (excludes halogenated alkanes) is 1. The van der Waals surface area contributed by atoms with Gasteiger partial charge >= 0.3 is 0 Å². The van der Waals surface area contributed by atoms with Gasteiger partial charge in [-0.25, -0.2) is 0 Å². The highest BCUT2D eigenvalue weighted by molar-refractivity contribution is 5.94. The van der Waals surface area contributed by atoms with E-state index in [9.17, 15) is 0 Å². The number of ether oxygens (including phenoxy) is 1. The second-order valence-electron chi connectivity index (χ2n) is 9.75. The van der Waals surface area contributed by atoms with Crippen LogP contribution in [0, 0.1) is 5.41 Å². The van der Waals surface area contributed by atoms with Crippen LogP contribution in [0.1, 0.15) is 64.5 Å². The van der Waals surface area contributed by atoms with E-state index in [0.717, 1.165) is 56.8 Å². The summed E-state index contributed by atoms with van der Waals surface area (Å²) in [4.78, 5) is 2.06. The number of rotatable bonds is 8. The van der Waals surface area contributed by atoms with Crippen molar-refractivity contribution in [3.8, 4) is 5.75 Å². The molecule has 1 aliphatic heterocycles. The molecule has 0 aromatic heterocycles. The first-order valence-electron chi connectivity index (χ1n) is 12.0. The number of nitrogens with one attached hydrogen (secondary N) is 3. The predicted molar refractivity (Wildman–Crippen MR) is 142 cm³/mol. The third kappa shape index (κ3) is 8.24. The topological polar surface area (TPSA) is 60.4 Å². The molecule has 1 heterocycles. The van der Waals surface area contributed by atoms with E-state index < -0.39 is 0 Å². The third-order valence-corrected chi connectivity index (χ3v) is 6.03. The van der Waals surface area contributed by atoms with Crippen LogP contribution in [-0.4, -0.2) is 31.7 Å². The summed E-state index contributed by atoms with van der Waals surface area (Å²) in [6.45, 7) is 12.3. The van der Waals surface area contributed by atoms with Crippen LogP contribution in [-0.2, 0) is 12.0 Å². The van der Waals surface area contributed by atoms with E-state index in [1.54, 1.807) is 0 Å². The van der Waals surface area contributed by atoms with Gasteiger partial charge in [0, 0.05) is 11.7 Å². The van der Waals surface area contributed by atoms with Crippen LogP contribution in [0.4, 0.5) is 5.69 Å². The normalized spacial score (nSPS) is 14.3. The van der Waals surface area contributed by atoms with Crippen LogP contribution in [0.5, 0.6) is 5.75 Å². The van der Waals surface area contributed by atoms with Crippen LogP contribution >= 0.6 is 12.4 Å². The molecule has 0 aliphatic carbocycles. The minimum absolute atomic E-state index is 0. The second-order valence-corrected chi connectivity index (χ2v) is 9.75. The molecule has 2 aromatic carbocycles. The molecule has 0 unspecified atom stereocenters. The van der Waals surface area contributed by atoms with E-state index >= 15 is 0 Å². The van der Waals surface area contributed by atoms with Gasteiger partial charge in [-0.2, -0.15) is 0 Å². The van der Waals surface area contributed by atoms with Gasteiger partial charge in [0.15, 0.2) is 5.96 Å². The van der Waals surface area contributed by atoms with E-state index in [1.165, 1.54) is 11.1 Å². The Labute approximate surface area is 206 Å². The van der Waals surface area contributed by atoms with Crippen LogP contribution in [0.25, 0.3) is 0 Å². The van der Waals surface area contributed by atoms with Crippen molar-refractivity contribution in [2.24, 2.45) is 0 Å². The fourth-order valence-electron chi connectivity index (χ4n) is 3.89. The summed E-state index contributed by atoms with van der Waals surface area (Å²) < 4.78 is 5.83. The molecule has 2 aromatic rings. The van der Waals surface area contributed by atoms with Gasteiger partial charge in [-0.05, 0) is 73.2 Å². The molecule has 0 amide bonds. The van der Waals surface area contributed by atoms with Gasteiger partial charge in [0.25, 0.3) is 0 Å². The maximum atomic E-state index is 8.86. The number of guanidine groups is 1. The van der Waals surface area contributed by atoms with Crippen LogP contribution in [0.15, 0.2) is 48.5 Å². The summed E-state index contributed by atoms with van der Waals surface area (Å²) in [7, 11) is 0. The van der Waals surface area contributed by atoms with Crippen molar-refractivity contribution in [1.29, 1.82) is 5.41 Å². The lowest BCUT2D eigenvalue weighted by Crippen LogP contribution is -2.48. The quantitative estimate of drug-likeness (QED) is 0.255. The number of hydrogen-bond acceptors (Lipinski definition) is 3. The Balaban J connectivity index is 0.00000385. The average molecular weight is 473 g/mol. The summed E-state index contributed by atoms with van der Waals surface area (Å²) in [5, 5.41) is 15.7. The Morgan fingerprint density at radius 1 is 1.06 bits per heavy atom. The van der Waals surface area contributed by atoms with Gasteiger partial charge in [-0.1, -0.05) is 58.4 Å². The van der Waals surface area contributed by atoms with Crippen molar-refractivity contribution in [2.45, 2.75) is 71.4 Å². The molecule has 5 nitrogen and oxygen atoms in total. The number of benzene rings is 2. The highest BCUT2D eigenvalue weighted by Crippen LogP contribution is 2.25. The Morgan fingerprint density at radius 2 is 1.70 bits per heavy atom. The molecule has 3 rings (SSSR count). The van der Waals surface area contributed by atoms with Gasteiger partial charge in [0.1, 0.15) is 5.75 Å². The van der Waals surface area contributed by atoms with Gasteiger partial charge < -0.3 is 20.3 Å². The molecule has 0 atom stereocenters. The lowest BCUT2D eigenvalue weighted by molar-refractivity contribution is 0.309. The summed E-state index contributed by atoms with van der Waals surface area (Å²) in [6.07, 6.45) is 4.27. The minimum Gasteiger partial charge on any atom is -0.494 e. The average Bonchev–Trinajstić information content (AvgIpc) is 2.78. The molecule has 182 valence electrons. The Kier molecular flexibility index (Phi) is 10.5. The van der Waals surface area contributed by atoms with Crippen molar-refractivity contribution in [3.05, 3.63) is 59.7 Å². The zero-order valence-electron chi connectivity index (χ0n) is 20.6. The molecule has 3 N–H and O–H groups in total. The van der Waals surface area contributed by atoms with Gasteiger partial charge in [0.05, 0.1) is 13.2 Å². The number of nitrogens with zero attached hydrogens (tertiary/aromatic N) is 1. The van der Waals surface area contributed by atoms with Gasteiger partial charge in [-0.15, -0.1) is 12.4 Å². The van der Waals surface area contributed by atoms with Crippen molar-refractivity contribution in [3.63, 3.8) is 0 Å². The lowest BCUT2D eigenvalue weighted by atomic mass is 9.87. The summed E-state index contributed by atoms with van der Waals surface area (Å²) >= 11 is 0. The summed E-state index contributed by atoms with van der Waals surface area (Å²) in [6, 6.07) is 17.3. The smallest absolute Gasteiger partial charge is 0.196 e. The number of piperidine rings is 1. The first kappa shape index (κ1) is 27.0. The largest absolute Gasteiger partial charge is 0.494 e. The maximum absolute atomic E-state index is 8.86. The van der Waals surface area contributed by atoms with E-state index in [0.29, 0.717) is 18.5 Å². The van der Waals surface area contributed by atoms with E-state index in [1.807, 2.05) is 12.1 Å². The first-order valence-corrected chi connectivity index (χ1v) is 12.0. The number of halogens is 1. The molecule has 0 radical (unpaired) electrons. The summed E-state index contributed by atoms with van der Waals surface area (Å²) in [5.41, 5.74) is 3.65. The Morgan fingerprint density at radius 3 is 2.27 bits per heavy atom. The van der Waals surface area contributed by atoms with Crippen molar-refractivity contribution < 1.29 is 4.74 Å². The molecule has 1 aliphatic rings. The van der Waals surface area contributed by atoms with Crippen LogP contribution in [0.2, 0.25) is 0 Å². The molecule has 33 heavy (non-hydrogen) atoms. The van der Waals surface area contributed by atoms with Crippen LogP contribution in [0.3, 0.4) is 0 Å². The Bertz CT molecular complexity index is 840. The second kappa shape index (κ2) is 12.9. The fraction of sp³-hybridized carbons (Fsp3) is 0.519. The van der Waals surface area contributed by atoms with E-state index in [4.69, 9.17) is 10.1 Å². The molecule has 6 heteroatoms. The maximum Gasteiger partial charge on any atom is 0.196 e. The standard InChI is InChI=1S/C27H40N4O.ClH/c1-5-6-19-32-25-13-11-24(12-14-25)31(26(28)30-23-15-17-29-18-16-23)20-21-7-9-22(10-8-21)27(2,3)4;/h7-14,23,29H,5-6,15-20H2,1-4H3,(H2,28,30);1H. The minimum atomic E-state index is 0.